The Hall–Kier alpha value is -4.57. The standard InChI is InChI=1S/C25H15N3O6S/c1-33-15-9-10-17-19(12-15)35-25(26-17)27-21(13-5-4-6-14(11-13)28(31)32)20-22(29)16-7-2-3-8-18(16)34-23(20)24(27)30/h2-12,21H,1H3/t21-/m0/s1. The van der Waals surface area contributed by atoms with Gasteiger partial charge in [-0.15, -0.1) is 0 Å². The lowest BCUT2D eigenvalue weighted by atomic mass is 9.98. The molecule has 0 unspecified atom stereocenters. The monoisotopic (exact) mass is 485 g/mol. The molecule has 0 saturated carbocycles. The number of rotatable bonds is 4. The summed E-state index contributed by atoms with van der Waals surface area (Å²) < 4.78 is 12.0. The number of carbonyl (C=O) groups is 1. The molecule has 9 nitrogen and oxygen atoms in total. The molecular weight excluding hydrogens is 470 g/mol. The quantitative estimate of drug-likeness (QED) is 0.258. The fourth-order valence-corrected chi connectivity index (χ4v) is 5.38. The molecular formula is C25H15N3O6S. The maximum absolute atomic E-state index is 13.7. The van der Waals surface area contributed by atoms with E-state index < -0.39 is 16.9 Å². The van der Waals surface area contributed by atoms with E-state index in [-0.39, 0.29) is 22.4 Å². The predicted molar refractivity (Wildman–Crippen MR) is 130 cm³/mol. The zero-order valence-electron chi connectivity index (χ0n) is 18.1. The van der Waals surface area contributed by atoms with Gasteiger partial charge in [-0.2, -0.15) is 0 Å². The van der Waals surface area contributed by atoms with Crippen LogP contribution in [0.3, 0.4) is 0 Å². The summed E-state index contributed by atoms with van der Waals surface area (Å²) in [6.07, 6.45) is 0. The van der Waals surface area contributed by atoms with Gasteiger partial charge in [0.05, 0.1) is 39.2 Å². The lowest BCUT2D eigenvalue weighted by Crippen LogP contribution is -2.29. The van der Waals surface area contributed by atoms with Gasteiger partial charge in [-0.1, -0.05) is 35.6 Å². The summed E-state index contributed by atoms with van der Waals surface area (Å²) in [4.78, 5) is 44.3. The van der Waals surface area contributed by atoms with Crippen LogP contribution in [0.1, 0.15) is 27.7 Å². The minimum Gasteiger partial charge on any atom is -0.497 e. The number of carbonyl (C=O) groups excluding carboxylic acids is 1. The maximum Gasteiger partial charge on any atom is 0.297 e. The van der Waals surface area contributed by atoms with Gasteiger partial charge in [0.2, 0.25) is 5.76 Å². The number of benzene rings is 3. The number of nitro groups is 1. The van der Waals surface area contributed by atoms with Gasteiger partial charge in [0.15, 0.2) is 10.6 Å². The van der Waals surface area contributed by atoms with Crippen molar-refractivity contribution in [1.82, 2.24) is 4.98 Å². The number of methoxy groups -OCH3 is 1. The second-order valence-corrected chi connectivity index (χ2v) is 8.94. The molecule has 0 spiro atoms. The highest BCUT2D eigenvalue weighted by Crippen LogP contribution is 2.44. The minimum absolute atomic E-state index is 0.0953. The van der Waals surface area contributed by atoms with Crippen molar-refractivity contribution >= 4 is 49.2 Å². The number of fused-ring (bicyclic) bond motifs is 3. The Labute approximate surface area is 201 Å². The van der Waals surface area contributed by atoms with Crippen LogP contribution in [-0.2, 0) is 0 Å². The molecule has 1 aliphatic rings. The van der Waals surface area contributed by atoms with Crippen molar-refractivity contribution in [3.05, 3.63) is 104 Å². The SMILES string of the molecule is COc1ccc2nc(N3C(=O)c4oc5ccccc5c(=O)c4[C@@H]3c3cccc([N+](=O)[O-])c3)sc2c1. The van der Waals surface area contributed by atoms with Gasteiger partial charge in [-0.3, -0.25) is 24.6 Å². The largest absolute Gasteiger partial charge is 0.497 e. The summed E-state index contributed by atoms with van der Waals surface area (Å²) in [7, 11) is 1.56. The Balaban J connectivity index is 1.63. The lowest BCUT2D eigenvalue weighted by Gasteiger charge is -2.22. The molecule has 2 aromatic heterocycles. The molecule has 3 heterocycles. The van der Waals surface area contributed by atoms with E-state index in [0.29, 0.717) is 32.9 Å². The van der Waals surface area contributed by atoms with Crippen LogP contribution >= 0.6 is 11.3 Å². The average Bonchev–Trinajstić information content (AvgIpc) is 3.42. The number of para-hydroxylation sites is 1. The van der Waals surface area contributed by atoms with Gasteiger partial charge in [0, 0.05) is 12.1 Å². The van der Waals surface area contributed by atoms with Crippen LogP contribution in [-0.4, -0.2) is 22.9 Å². The highest BCUT2D eigenvalue weighted by atomic mass is 32.1. The molecule has 0 bridgehead atoms. The summed E-state index contributed by atoms with van der Waals surface area (Å²) in [5, 5.41) is 12.1. The van der Waals surface area contributed by atoms with Crippen molar-refractivity contribution < 1.29 is 18.9 Å². The van der Waals surface area contributed by atoms with Crippen LogP contribution in [0.5, 0.6) is 5.75 Å². The summed E-state index contributed by atoms with van der Waals surface area (Å²) >= 11 is 1.25. The number of anilines is 1. The van der Waals surface area contributed by atoms with E-state index in [1.165, 1.54) is 34.4 Å². The molecule has 0 saturated heterocycles. The van der Waals surface area contributed by atoms with Crippen LogP contribution < -0.4 is 15.1 Å². The van der Waals surface area contributed by atoms with E-state index in [9.17, 15) is 19.7 Å². The highest BCUT2D eigenvalue weighted by Gasteiger charge is 2.45. The van der Waals surface area contributed by atoms with Crippen molar-refractivity contribution in [3.63, 3.8) is 0 Å². The number of hydrogen-bond donors (Lipinski definition) is 0. The van der Waals surface area contributed by atoms with Crippen LogP contribution in [0.25, 0.3) is 21.2 Å². The van der Waals surface area contributed by atoms with Crippen molar-refractivity contribution in [1.29, 1.82) is 0 Å². The fraction of sp³-hybridized carbons (Fsp3) is 0.0800. The summed E-state index contributed by atoms with van der Waals surface area (Å²) in [5.74, 6) is 0.00878. The molecule has 1 aliphatic heterocycles. The first-order chi connectivity index (χ1) is 17.0. The van der Waals surface area contributed by atoms with Crippen molar-refractivity contribution in [2.45, 2.75) is 6.04 Å². The molecule has 6 rings (SSSR count). The molecule has 0 radical (unpaired) electrons. The number of aromatic nitrogens is 1. The number of thiazole rings is 1. The van der Waals surface area contributed by atoms with Gasteiger partial charge in [0.25, 0.3) is 11.6 Å². The maximum atomic E-state index is 13.7. The highest BCUT2D eigenvalue weighted by molar-refractivity contribution is 7.22. The fourth-order valence-electron chi connectivity index (χ4n) is 4.36. The average molecular weight is 485 g/mol. The van der Waals surface area contributed by atoms with E-state index >= 15 is 0 Å². The molecule has 0 fully saturated rings. The van der Waals surface area contributed by atoms with E-state index in [2.05, 4.69) is 4.98 Å². The number of nitrogens with zero attached hydrogens (tertiary/aromatic N) is 3. The van der Waals surface area contributed by atoms with E-state index in [1.807, 2.05) is 6.07 Å². The Morgan fingerprint density at radius 2 is 1.91 bits per heavy atom. The first kappa shape index (κ1) is 21.0. The summed E-state index contributed by atoms with van der Waals surface area (Å²) in [6, 6.07) is 17.0. The molecule has 172 valence electrons. The normalized spacial score (nSPS) is 15.1. The van der Waals surface area contributed by atoms with Gasteiger partial charge in [-0.25, -0.2) is 4.98 Å². The van der Waals surface area contributed by atoms with Gasteiger partial charge in [0.1, 0.15) is 11.3 Å². The molecule has 3 aromatic carbocycles. The topological polar surface area (TPSA) is 116 Å². The lowest BCUT2D eigenvalue weighted by molar-refractivity contribution is -0.384. The molecule has 0 N–H and O–H groups in total. The smallest absolute Gasteiger partial charge is 0.297 e. The van der Waals surface area contributed by atoms with Crippen LogP contribution in [0, 0.1) is 10.1 Å². The molecule has 10 heteroatoms. The van der Waals surface area contributed by atoms with Crippen molar-refractivity contribution in [3.8, 4) is 5.75 Å². The third-order valence-corrected chi connectivity index (χ3v) is 6.98. The molecule has 0 aliphatic carbocycles. The zero-order valence-corrected chi connectivity index (χ0v) is 18.9. The number of nitro benzene ring substituents is 1. The van der Waals surface area contributed by atoms with Crippen molar-refractivity contribution in [2.75, 3.05) is 12.0 Å². The van der Waals surface area contributed by atoms with E-state index in [1.54, 1.807) is 49.6 Å². The van der Waals surface area contributed by atoms with E-state index in [4.69, 9.17) is 9.15 Å². The van der Waals surface area contributed by atoms with Gasteiger partial charge in [-0.05, 0) is 35.9 Å². The molecule has 1 amide bonds. The van der Waals surface area contributed by atoms with E-state index in [0.717, 1.165) is 4.70 Å². The first-order valence-electron chi connectivity index (χ1n) is 10.5. The summed E-state index contributed by atoms with van der Waals surface area (Å²) in [6.45, 7) is 0. The molecule has 5 aromatic rings. The summed E-state index contributed by atoms with van der Waals surface area (Å²) in [5.41, 5.74) is 0.964. The Morgan fingerprint density at radius 3 is 2.71 bits per heavy atom. The Morgan fingerprint density at radius 1 is 1.09 bits per heavy atom. The third-order valence-electron chi connectivity index (χ3n) is 5.96. The van der Waals surface area contributed by atoms with Gasteiger partial charge < -0.3 is 9.15 Å². The second kappa shape index (κ2) is 7.74. The third kappa shape index (κ3) is 3.18. The molecule has 35 heavy (non-hydrogen) atoms. The number of ether oxygens (including phenoxy) is 1. The Kier molecular flexibility index (Phi) is 4.64. The van der Waals surface area contributed by atoms with Crippen LogP contribution in [0.2, 0.25) is 0 Å². The Bertz CT molecular complexity index is 1740. The van der Waals surface area contributed by atoms with Gasteiger partial charge >= 0.3 is 0 Å². The number of hydrogen-bond acceptors (Lipinski definition) is 8. The van der Waals surface area contributed by atoms with Crippen molar-refractivity contribution in [2.24, 2.45) is 0 Å². The van der Waals surface area contributed by atoms with Crippen LogP contribution in [0.4, 0.5) is 10.8 Å². The second-order valence-electron chi connectivity index (χ2n) is 7.93. The zero-order chi connectivity index (χ0) is 24.3. The van der Waals surface area contributed by atoms with Crippen LogP contribution in [0.15, 0.2) is 75.9 Å². The molecule has 1 atom stereocenters. The number of amides is 1. The predicted octanol–water partition coefficient (Wildman–Crippen LogP) is 5.07. The minimum atomic E-state index is -0.944. The number of non-ortho nitro benzene ring substituents is 1. The first-order valence-corrected chi connectivity index (χ1v) is 11.4.